The van der Waals surface area contributed by atoms with Gasteiger partial charge in [0.05, 0.1) is 6.04 Å². The molecule has 4 rings (SSSR count). The number of rotatable bonds is 8. The summed E-state index contributed by atoms with van der Waals surface area (Å²) in [5, 5.41) is 3.14. The van der Waals surface area contributed by atoms with Crippen molar-refractivity contribution in [1.29, 1.82) is 0 Å². The van der Waals surface area contributed by atoms with Crippen molar-refractivity contribution in [1.82, 2.24) is 14.9 Å². The SMILES string of the molecule is C[C@@H](NC(=O)C1CC1c1nccn1Cc1ccccc1)c1ccc(OCC(F)(F)F)s1. The van der Waals surface area contributed by atoms with Crippen LogP contribution >= 0.6 is 11.3 Å². The number of nitrogens with one attached hydrogen (secondary N) is 1. The average molecular weight is 449 g/mol. The Labute approximate surface area is 181 Å². The van der Waals surface area contributed by atoms with Crippen LogP contribution in [0.3, 0.4) is 0 Å². The lowest BCUT2D eigenvalue weighted by molar-refractivity contribution is -0.152. The van der Waals surface area contributed by atoms with Crippen LogP contribution in [-0.4, -0.2) is 28.2 Å². The van der Waals surface area contributed by atoms with Crippen molar-refractivity contribution in [3.63, 3.8) is 0 Å². The summed E-state index contributed by atoms with van der Waals surface area (Å²) in [5.41, 5.74) is 1.17. The smallest absolute Gasteiger partial charge is 0.422 e. The van der Waals surface area contributed by atoms with E-state index in [1.54, 1.807) is 12.3 Å². The summed E-state index contributed by atoms with van der Waals surface area (Å²) < 4.78 is 43.7. The Bertz CT molecular complexity index is 1030. The maximum atomic E-state index is 12.7. The average Bonchev–Trinajstić information content (AvgIpc) is 3.15. The van der Waals surface area contributed by atoms with Gasteiger partial charge >= 0.3 is 6.18 Å². The van der Waals surface area contributed by atoms with Crippen LogP contribution in [0.2, 0.25) is 0 Å². The van der Waals surface area contributed by atoms with E-state index in [0.717, 1.165) is 28.5 Å². The zero-order chi connectivity index (χ0) is 22.0. The van der Waals surface area contributed by atoms with Gasteiger partial charge in [-0.2, -0.15) is 13.2 Å². The van der Waals surface area contributed by atoms with Crippen molar-refractivity contribution in [2.75, 3.05) is 6.61 Å². The molecule has 2 heterocycles. The van der Waals surface area contributed by atoms with E-state index >= 15 is 0 Å². The second-order valence-electron chi connectivity index (χ2n) is 7.64. The fraction of sp³-hybridized carbons (Fsp3) is 0.364. The molecule has 5 nitrogen and oxygen atoms in total. The van der Waals surface area contributed by atoms with Crippen molar-refractivity contribution in [3.8, 4) is 5.06 Å². The summed E-state index contributed by atoms with van der Waals surface area (Å²) in [4.78, 5) is 17.9. The first-order valence-corrected chi connectivity index (χ1v) is 10.8. The summed E-state index contributed by atoms with van der Waals surface area (Å²) in [6.07, 6.45) is 0.0284. The Kier molecular flexibility index (Phi) is 6.04. The minimum atomic E-state index is -4.38. The number of hydrogen-bond acceptors (Lipinski definition) is 4. The molecule has 1 N–H and O–H groups in total. The highest BCUT2D eigenvalue weighted by Gasteiger charge is 2.46. The number of aromatic nitrogens is 2. The molecule has 0 bridgehead atoms. The van der Waals surface area contributed by atoms with Crippen LogP contribution in [0.1, 0.15) is 41.6 Å². The maximum Gasteiger partial charge on any atom is 0.422 e. The van der Waals surface area contributed by atoms with Crippen LogP contribution in [0.5, 0.6) is 5.06 Å². The number of halogens is 3. The lowest BCUT2D eigenvalue weighted by Gasteiger charge is -2.13. The van der Waals surface area contributed by atoms with Gasteiger partial charge in [-0.1, -0.05) is 30.3 Å². The molecule has 9 heteroatoms. The van der Waals surface area contributed by atoms with Gasteiger partial charge in [0.25, 0.3) is 0 Å². The highest BCUT2D eigenvalue weighted by atomic mass is 32.1. The van der Waals surface area contributed by atoms with Crippen molar-refractivity contribution in [2.24, 2.45) is 5.92 Å². The molecule has 164 valence electrons. The largest absolute Gasteiger partial charge is 0.475 e. The number of ether oxygens (including phenoxy) is 1. The highest BCUT2D eigenvalue weighted by Crippen LogP contribution is 2.47. The third-order valence-electron chi connectivity index (χ3n) is 5.17. The van der Waals surface area contributed by atoms with Gasteiger partial charge in [0, 0.05) is 35.7 Å². The molecular formula is C22H22F3N3O2S. The summed E-state index contributed by atoms with van der Waals surface area (Å²) in [6, 6.07) is 12.9. The first kappa shape index (κ1) is 21.4. The van der Waals surface area contributed by atoms with E-state index < -0.39 is 12.8 Å². The predicted molar refractivity (Wildman–Crippen MR) is 111 cm³/mol. The zero-order valence-corrected chi connectivity index (χ0v) is 17.6. The lowest BCUT2D eigenvalue weighted by atomic mass is 10.2. The van der Waals surface area contributed by atoms with Gasteiger partial charge in [-0.15, -0.1) is 11.3 Å². The van der Waals surface area contributed by atoms with Gasteiger partial charge in [-0.3, -0.25) is 4.79 Å². The Morgan fingerprint density at radius 3 is 2.81 bits per heavy atom. The van der Waals surface area contributed by atoms with Crippen LogP contribution in [0.15, 0.2) is 54.9 Å². The van der Waals surface area contributed by atoms with Gasteiger partial charge < -0.3 is 14.6 Å². The molecule has 31 heavy (non-hydrogen) atoms. The molecule has 1 fully saturated rings. The monoisotopic (exact) mass is 449 g/mol. The van der Waals surface area contributed by atoms with E-state index in [1.807, 2.05) is 31.3 Å². The van der Waals surface area contributed by atoms with E-state index in [1.165, 1.54) is 11.6 Å². The van der Waals surface area contributed by atoms with E-state index in [0.29, 0.717) is 6.54 Å². The van der Waals surface area contributed by atoms with Crippen molar-refractivity contribution in [3.05, 3.63) is 71.1 Å². The van der Waals surface area contributed by atoms with E-state index in [-0.39, 0.29) is 28.8 Å². The van der Waals surface area contributed by atoms with Gasteiger partial charge in [-0.25, -0.2) is 4.98 Å². The maximum absolute atomic E-state index is 12.7. The second-order valence-corrected chi connectivity index (χ2v) is 8.72. The Morgan fingerprint density at radius 2 is 2.06 bits per heavy atom. The lowest BCUT2D eigenvalue weighted by Crippen LogP contribution is -2.28. The fourth-order valence-corrected chi connectivity index (χ4v) is 4.38. The molecule has 1 amide bonds. The van der Waals surface area contributed by atoms with Gasteiger partial charge in [0.2, 0.25) is 5.91 Å². The fourth-order valence-electron chi connectivity index (χ4n) is 3.52. The summed E-state index contributed by atoms with van der Waals surface area (Å²) in [7, 11) is 0. The molecule has 1 aliphatic carbocycles. The number of hydrogen-bond donors (Lipinski definition) is 1. The molecular weight excluding hydrogens is 427 g/mol. The third-order valence-corrected chi connectivity index (χ3v) is 6.35. The number of imidazole rings is 1. The normalized spacial score (nSPS) is 19.1. The summed E-state index contributed by atoms with van der Waals surface area (Å²) >= 11 is 1.10. The summed E-state index contributed by atoms with van der Waals surface area (Å²) in [5.74, 6) is 0.744. The standard InChI is InChI=1S/C22H22F3N3O2S/c1-14(18-7-8-19(31-18)30-13-22(23,24)25)27-21(29)17-11-16(17)20-26-9-10-28(20)12-15-5-3-2-4-6-15/h2-10,14,16-17H,11-13H2,1H3,(H,27,29)/t14-,16?,17?/m1/s1. The Balaban J connectivity index is 1.32. The molecule has 2 aromatic heterocycles. The Morgan fingerprint density at radius 1 is 1.29 bits per heavy atom. The van der Waals surface area contributed by atoms with E-state index in [4.69, 9.17) is 4.74 Å². The number of carbonyl (C=O) groups excluding carboxylic acids is 1. The second kappa shape index (κ2) is 8.74. The molecule has 0 radical (unpaired) electrons. The summed E-state index contributed by atoms with van der Waals surface area (Å²) in [6.45, 7) is 1.19. The molecule has 1 aliphatic rings. The molecule has 2 unspecified atom stereocenters. The molecule has 3 aromatic rings. The van der Waals surface area contributed by atoms with Crippen molar-refractivity contribution >= 4 is 17.2 Å². The number of amides is 1. The predicted octanol–water partition coefficient (Wildman–Crippen LogP) is 4.91. The molecule has 1 aromatic carbocycles. The van der Waals surface area contributed by atoms with Gasteiger partial charge in [0.1, 0.15) is 5.82 Å². The molecule has 3 atom stereocenters. The number of carbonyl (C=O) groups is 1. The number of nitrogens with zero attached hydrogens (tertiary/aromatic N) is 2. The third kappa shape index (κ3) is 5.46. The Hall–Kier alpha value is -2.81. The first-order chi connectivity index (χ1) is 14.8. The molecule has 1 saturated carbocycles. The van der Waals surface area contributed by atoms with Crippen LogP contribution in [0.25, 0.3) is 0 Å². The van der Waals surface area contributed by atoms with Crippen molar-refractivity contribution in [2.45, 2.75) is 38.0 Å². The number of benzene rings is 1. The van der Waals surface area contributed by atoms with Gasteiger partial charge in [-0.05, 0) is 31.0 Å². The van der Waals surface area contributed by atoms with Gasteiger partial charge in [0.15, 0.2) is 11.7 Å². The quantitative estimate of drug-likeness (QED) is 0.531. The van der Waals surface area contributed by atoms with E-state index in [9.17, 15) is 18.0 Å². The first-order valence-electron chi connectivity index (χ1n) is 9.95. The minimum absolute atomic E-state index is 0.0694. The van der Waals surface area contributed by atoms with Crippen LogP contribution in [0, 0.1) is 5.92 Å². The molecule has 0 spiro atoms. The van der Waals surface area contributed by atoms with Crippen LogP contribution in [-0.2, 0) is 11.3 Å². The zero-order valence-electron chi connectivity index (χ0n) is 16.8. The van der Waals surface area contributed by atoms with Crippen LogP contribution in [0.4, 0.5) is 13.2 Å². The molecule has 0 saturated heterocycles. The topological polar surface area (TPSA) is 56.2 Å². The minimum Gasteiger partial charge on any atom is -0.475 e. The van der Waals surface area contributed by atoms with Crippen LogP contribution < -0.4 is 10.1 Å². The van der Waals surface area contributed by atoms with Crippen molar-refractivity contribution < 1.29 is 22.7 Å². The number of alkyl halides is 3. The highest BCUT2D eigenvalue weighted by molar-refractivity contribution is 7.13. The van der Waals surface area contributed by atoms with E-state index in [2.05, 4.69) is 27.0 Å². The number of thiophene rings is 1. The molecule has 0 aliphatic heterocycles.